The summed E-state index contributed by atoms with van der Waals surface area (Å²) in [5.41, 5.74) is 2.58. The van der Waals surface area contributed by atoms with Gasteiger partial charge < -0.3 is 9.47 Å². The van der Waals surface area contributed by atoms with E-state index in [2.05, 4.69) is 61.0 Å². The summed E-state index contributed by atoms with van der Waals surface area (Å²) in [6.45, 7) is 6.40. The topological polar surface area (TPSA) is 18.5 Å². The summed E-state index contributed by atoms with van der Waals surface area (Å²) in [6.07, 6.45) is 2.98. The molecule has 0 aromatic heterocycles. The SMILES string of the molecule is Cc1ccccc1C(CBr)OC1CC(C)OC(C)C1. The first-order valence-corrected chi connectivity index (χ1v) is 8.14. The number of alkyl halides is 1. The smallest absolute Gasteiger partial charge is 0.0927 e. The molecule has 3 atom stereocenters. The standard InChI is InChI=1S/C16H23BrO2/c1-11-6-4-5-7-15(11)16(10-17)19-14-8-12(2)18-13(3)9-14/h4-7,12-14,16H,8-10H2,1-3H3. The highest BCUT2D eigenvalue weighted by Crippen LogP contribution is 2.30. The van der Waals surface area contributed by atoms with E-state index in [0.717, 1.165) is 18.2 Å². The van der Waals surface area contributed by atoms with Gasteiger partial charge in [-0.1, -0.05) is 40.2 Å². The first kappa shape index (κ1) is 15.0. The van der Waals surface area contributed by atoms with E-state index in [1.54, 1.807) is 0 Å². The maximum absolute atomic E-state index is 6.32. The minimum Gasteiger partial charge on any atom is -0.375 e. The fourth-order valence-corrected chi connectivity index (χ4v) is 3.33. The van der Waals surface area contributed by atoms with Crippen LogP contribution in [0.5, 0.6) is 0 Å². The van der Waals surface area contributed by atoms with Crippen LogP contribution in [0.25, 0.3) is 0 Å². The highest BCUT2D eigenvalue weighted by atomic mass is 79.9. The molecule has 0 bridgehead atoms. The normalized spacial score (nSPS) is 29.2. The van der Waals surface area contributed by atoms with E-state index in [0.29, 0.717) is 18.3 Å². The molecule has 0 spiro atoms. The van der Waals surface area contributed by atoms with Crippen LogP contribution in [0.4, 0.5) is 0 Å². The molecule has 2 nitrogen and oxygen atoms in total. The largest absolute Gasteiger partial charge is 0.375 e. The summed E-state index contributed by atoms with van der Waals surface area (Å²) in [5, 5.41) is 0.831. The Labute approximate surface area is 124 Å². The maximum Gasteiger partial charge on any atom is 0.0927 e. The van der Waals surface area contributed by atoms with E-state index in [9.17, 15) is 0 Å². The quantitative estimate of drug-likeness (QED) is 0.763. The van der Waals surface area contributed by atoms with Crippen molar-refractivity contribution in [2.24, 2.45) is 0 Å². The zero-order valence-electron chi connectivity index (χ0n) is 11.9. The van der Waals surface area contributed by atoms with Gasteiger partial charge >= 0.3 is 0 Å². The number of aryl methyl sites for hydroxylation is 1. The summed E-state index contributed by atoms with van der Waals surface area (Å²) in [6, 6.07) is 8.45. The average molecular weight is 327 g/mol. The fraction of sp³-hybridized carbons (Fsp3) is 0.625. The molecule has 3 heteroatoms. The van der Waals surface area contributed by atoms with Gasteiger partial charge in [-0.15, -0.1) is 0 Å². The Morgan fingerprint density at radius 3 is 2.47 bits per heavy atom. The Balaban J connectivity index is 2.05. The molecule has 0 radical (unpaired) electrons. The second-order valence-electron chi connectivity index (χ2n) is 5.49. The maximum atomic E-state index is 6.32. The molecule has 3 unspecified atom stereocenters. The van der Waals surface area contributed by atoms with Gasteiger partial charge in [-0.3, -0.25) is 0 Å². The number of hydrogen-bond donors (Lipinski definition) is 0. The molecule has 1 fully saturated rings. The summed E-state index contributed by atoms with van der Waals surface area (Å²) >= 11 is 3.59. The minimum atomic E-state index is 0.128. The van der Waals surface area contributed by atoms with Crippen molar-refractivity contribution in [2.75, 3.05) is 5.33 Å². The van der Waals surface area contributed by atoms with Crippen molar-refractivity contribution in [3.63, 3.8) is 0 Å². The molecule has 1 aromatic carbocycles. The highest BCUT2D eigenvalue weighted by molar-refractivity contribution is 9.09. The van der Waals surface area contributed by atoms with Crippen molar-refractivity contribution < 1.29 is 9.47 Å². The van der Waals surface area contributed by atoms with E-state index < -0.39 is 0 Å². The van der Waals surface area contributed by atoms with Crippen LogP contribution < -0.4 is 0 Å². The lowest BCUT2D eigenvalue weighted by atomic mass is 10.0. The summed E-state index contributed by atoms with van der Waals surface area (Å²) in [7, 11) is 0. The average Bonchev–Trinajstić information content (AvgIpc) is 2.36. The monoisotopic (exact) mass is 326 g/mol. The van der Waals surface area contributed by atoms with Gasteiger partial charge in [-0.2, -0.15) is 0 Å². The lowest BCUT2D eigenvalue weighted by molar-refractivity contribution is -0.118. The van der Waals surface area contributed by atoms with Gasteiger partial charge in [-0.05, 0) is 44.7 Å². The predicted octanol–water partition coefficient (Wildman–Crippen LogP) is 4.40. The summed E-state index contributed by atoms with van der Waals surface area (Å²) in [4.78, 5) is 0. The van der Waals surface area contributed by atoms with E-state index in [4.69, 9.17) is 9.47 Å². The molecule has 19 heavy (non-hydrogen) atoms. The lowest BCUT2D eigenvalue weighted by Crippen LogP contribution is -2.35. The van der Waals surface area contributed by atoms with Crippen LogP contribution in [0.15, 0.2) is 24.3 Å². The first-order valence-electron chi connectivity index (χ1n) is 7.02. The van der Waals surface area contributed by atoms with Crippen molar-refractivity contribution in [1.82, 2.24) is 0 Å². The molecule has 106 valence electrons. The van der Waals surface area contributed by atoms with Crippen molar-refractivity contribution in [2.45, 2.75) is 58.0 Å². The van der Waals surface area contributed by atoms with E-state index in [-0.39, 0.29) is 6.10 Å². The first-order chi connectivity index (χ1) is 9.10. The zero-order chi connectivity index (χ0) is 13.8. The van der Waals surface area contributed by atoms with Gasteiger partial charge in [0, 0.05) is 5.33 Å². The third kappa shape index (κ3) is 4.04. The summed E-state index contributed by atoms with van der Waals surface area (Å²) < 4.78 is 12.1. The third-order valence-electron chi connectivity index (χ3n) is 3.69. The van der Waals surface area contributed by atoms with Crippen LogP contribution in [0.2, 0.25) is 0 Å². The Kier molecular flexibility index (Phi) is 5.43. The van der Waals surface area contributed by atoms with Gasteiger partial charge in [0.1, 0.15) is 0 Å². The number of rotatable bonds is 4. The molecule has 0 amide bonds. The van der Waals surface area contributed by atoms with Crippen LogP contribution in [0.3, 0.4) is 0 Å². The number of benzene rings is 1. The fourth-order valence-electron chi connectivity index (χ4n) is 2.83. The molecule has 0 saturated carbocycles. The molecule has 1 aliphatic heterocycles. The van der Waals surface area contributed by atoms with Crippen LogP contribution in [-0.2, 0) is 9.47 Å². The van der Waals surface area contributed by atoms with Gasteiger partial charge in [0.15, 0.2) is 0 Å². The van der Waals surface area contributed by atoms with Crippen molar-refractivity contribution in [3.8, 4) is 0 Å². The Morgan fingerprint density at radius 2 is 1.89 bits per heavy atom. The van der Waals surface area contributed by atoms with E-state index in [1.165, 1.54) is 11.1 Å². The summed E-state index contributed by atoms with van der Waals surface area (Å²) in [5.74, 6) is 0. The van der Waals surface area contributed by atoms with Gasteiger partial charge in [-0.25, -0.2) is 0 Å². The predicted molar refractivity (Wildman–Crippen MR) is 81.8 cm³/mol. The van der Waals surface area contributed by atoms with Gasteiger partial charge in [0.25, 0.3) is 0 Å². The number of hydrogen-bond acceptors (Lipinski definition) is 2. The van der Waals surface area contributed by atoms with Crippen LogP contribution in [0.1, 0.15) is 43.9 Å². The van der Waals surface area contributed by atoms with Crippen molar-refractivity contribution >= 4 is 15.9 Å². The van der Waals surface area contributed by atoms with Crippen LogP contribution in [-0.4, -0.2) is 23.6 Å². The second-order valence-corrected chi connectivity index (χ2v) is 6.13. The highest BCUT2D eigenvalue weighted by Gasteiger charge is 2.27. The molecule has 0 aliphatic carbocycles. The molecule has 0 N–H and O–H groups in total. The Morgan fingerprint density at radius 1 is 1.26 bits per heavy atom. The second kappa shape index (κ2) is 6.87. The van der Waals surface area contributed by atoms with Crippen molar-refractivity contribution in [1.29, 1.82) is 0 Å². The molecule has 1 heterocycles. The van der Waals surface area contributed by atoms with Crippen LogP contribution >= 0.6 is 15.9 Å². The van der Waals surface area contributed by atoms with E-state index >= 15 is 0 Å². The molecule has 1 aliphatic rings. The minimum absolute atomic E-state index is 0.128. The van der Waals surface area contributed by atoms with E-state index in [1.807, 2.05) is 0 Å². The molecular formula is C16H23BrO2. The van der Waals surface area contributed by atoms with Gasteiger partial charge in [0.2, 0.25) is 0 Å². The lowest BCUT2D eigenvalue weighted by Gasteiger charge is -2.34. The number of ether oxygens (including phenoxy) is 2. The van der Waals surface area contributed by atoms with Crippen LogP contribution in [0, 0.1) is 6.92 Å². The Bertz CT molecular complexity index is 397. The van der Waals surface area contributed by atoms with Gasteiger partial charge in [0.05, 0.1) is 24.4 Å². The van der Waals surface area contributed by atoms with Crippen molar-refractivity contribution in [3.05, 3.63) is 35.4 Å². The number of halogens is 1. The Hall–Kier alpha value is -0.380. The molecule has 1 saturated heterocycles. The molecule has 2 rings (SSSR count). The third-order valence-corrected chi connectivity index (χ3v) is 4.27. The molecular weight excluding hydrogens is 304 g/mol. The zero-order valence-corrected chi connectivity index (χ0v) is 13.5. The molecule has 1 aromatic rings.